The first-order valence-corrected chi connectivity index (χ1v) is 6.49. The standard InChI is InChI=1S/C18H15FO2/c1-3-8-17(19)16-12-7-11-15(18(16)21-13(2)20)14-9-5-4-6-10-14/h3-12H,1H2,2H3/b17-8-. The van der Waals surface area contributed by atoms with Crippen LogP contribution < -0.4 is 4.74 Å². The second kappa shape index (κ2) is 6.66. The Morgan fingerprint density at radius 3 is 2.48 bits per heavy atom. The molecule has 0 radical (unpaired) electrons. The van der Waals surface area contributed by atoms with Gasteiger partial charge in [0.1, 0.15) is 11.6 Å². The molecule has 0 fully saturated rings. The molecule has 0 unspecified atom stereocenters. The van der Waals surface area contributed by atoms with E-state index in [-0.39, 0.29) is 11.3 Å². The Balaban J connectivity index is 2.65. The van der Waals surface area contributed by atoms with Crippen LogP contribution in [0.3, 0.4) is 0 Å². The number of hydrogen-bond acceptors (Lipinski definition) is 2. The van der Waals surface area contributed by atoms with Crippen molar-refractivity contribution in [1.29, 1.82) is 0 Å². The van der Waals surface area contributed by atoms with E-state index in [9.17, 15) is 9.18 Å². The van der Waals surface area contributed by atoms with E-state index in [2.05, 4.69) is 6.58 Å². The molecule has 0 aromatic heterocycles. The molecule has 106 valence electrons. The van der Waals surface area contributed by atoms with Gasteiger partial charge >= 0.3 is 5.97 Å². The Labute approximate surface area is 123 Å². The van der Waals surface area contributed by atoms with Crippen LogP contribution in [0.25, 0.3) is 17.0 Å². The Bertz CT molecular complexity index is 688. The Morgan fingerprint density at radius 1 is 1.14 bits per heavy atom. The summed E-state index contributed by atoms with van der Waals surface area (Å²) in [5.41, 5.74) is 1.74. The van der Waals surface area contributed by atoms with Crippen LogP contribution >= 0.6 is 0 Å². The summed E-state index contributed by atoms with van der Waals surface area (Å²) in [6, 6.07) is 14.5. The Morgan fingerprint density at radius 2 is 1.86 bits per heavy atom. The van der Waals surface area contributed by atoms with Crippen LogP contribution in [-0.2, 0) is 4.79 Å². The molecule has 0 bridgehead atoms. The molecule has 0 heterocycles. The lowest BCUT2D eigenvalue weighted by atomic mass is 10.0. The molecular formula is C18H15FO2. The van der Waals surface area contributed by atoms with Crippen LogP contribution in [0.4, 0.5) is 4.39 Å². The lowest BCUT2D eigenvalue weighted by molar-refractivity contribution is -0.131. The van der Waals surface area contributed by atoms with Crippen molar-refractivity contribution in [3.05, 3.63) is 72.8 Å². The summed E-state index contributed by atoms with van der Waals surface area (Å²) in [4.78, 5) is 11.3. The molecule has 0 aliphatic carbocycles. The Hall–Kier alpha value is -2.68. The lowest BCUT2D eigenvalue weighted by Gasteiger charge is -2.13. The minimum Gasteiger partial charge on any atom is -0.425 e. The summed E-state index contributed by atoms with van der Waals surface area (Å²) >= 11 is 0. The fourth-order valence-corrected chi connectivity index (χ4v) is 2.02. The zero-order valence-corrected chi connectivity index (χ0v) is 11.7. The van der Waals surface area contributed by atoms with Gasteiger partial charge in [-0.25, -0.2) is 4.39 Å². The molecule has 0 atom stereocenters. The van der Waals surface area contributed by atoms with Crippen molar-refractivity contribution in [3.8, 4) is 16.9 Å². The number of benzene rings is 2. The second-order valence-corrected chi connectivity index (χ2v) is 4.39. The molecule has 0 N–H and O–H groups in total. The zero-order chi connectivity index (χ0) is 15.2. The molecule has 21 heavy (non-hydrogen) atoms. The first kappa shape index (κ1) is 14.7. The van der Waals surface area contributed by atoms with Gasteiger partial charge < -0.3 is 4.74 Å². The van der Waals surface area contributed by atoms with E-state index in [0.29, 0.717) is 5.56 Å². The first-order valence-electron chi connectivity index (χ1n) is 6.49. The number of ether oxygens (including phenoxy) is 1. The third-order valence-corrected chi connectivity index (χ3v) is 2.87. The highest BCUT2D eigenvalue weighted by molar-refractivity contribution is 5.83. The minimum absolute atomic E-state index is 0.215. The summed E-state index contributed by atoms with van der Waals surface area (Å²) in [6.45, 7) is 4.77. The first-order chi connectivity index (χ1) is 10.1. The number of allylic oxidation sites excluding steroid dienone is 2. The number of para-hydroxylation sites is 1. The molecule has 2 nitrogen and oxygen atoms in total. The topological polar surface area (TPSA) is 26.3 Å². The predicted molar refractivity (Wildman–Crippen MR) is 82.5 cm³/mol. The van der Waals surface area contributed by atoms with E-state index < -0.39 is 11.8 Å². The van der Waals surface area contributed by atoms with Gasteiger partial charge in [0.25, 0.3) is 0 Å². The molecule has 2 aromatic carbocycles. The predicted octanol–water partition coefficient (Wildman–Crippen LogP) is 4.78. The van der Waals surface area contributed by atoms with E-state index in [4.69, 9.17) is 4.74 Å². The van der Waals surface area contributed by atoms with Gasteiger partial charge in [-0.05, 0) is 17.7 Å². The number of carbonyl (C=O) groups excluding carboxylic acids is 1. The highest BCUT2D eigenvalue weighted by Gasteiger charge is 2.16. The molecule has 0 saturated heterocycles. The van der Waals surface area contributed by atoms with Gasteiger partial charge in [0.05, 0.1) is 5.56 Å². The van der Waals surface area contributed by atoms with E-state index >= 15 is 0 Å². The van der Waals surface area contributed by atoms with Crippen LogP contribution in [0.15, 0.2) is 67.3 Å². The molecule has 3 heteroatoms. The average Bonchev–Trinajstić information content (AvgIpc) is 2.48. The fourth-order valence-electron chi connectivity index (χ4n) is 2.02. The van der Waals surface area contributed by atoms with E-state index in [1.54, 1.807) is 18.2 Å². The Kier molecular flexibility index (Phi) is 4.67. The molecule has 0 amide bonds. The van der Waals surface area contributed by atoms with Crippen LogP contribution in [0.1, 0.15) is 12.5 Å². The van der Waals surface area contributed by atoms with Gasteiger partial charge in [-0.15, -0.1) is 0 Å². The van der Waals surface area contributed by atoms with Gasteiger partial charge in [0, 0.05) is 12.5 Å². The van der Waals surface area contributed by atoms with Crippen molar-refractivity contribution >= 4 is 11.8 Å². The van der Waals surface area contributed by atoms with Crippen molar-refractivity contribution in [2.24, 2.45) is 0 Å². The molecule has 0 saturated carbocycles. The zero-order valence-electron chi connectivity index (χ0n) is 11.7. The highest BCUT2D eigenvalue weighted by atomic mass is 19.1. The monoisotopic (exact) mass is 282 g/mol. The highest BCUT2D eigenvalue weighted by Crippen LogP contribution is 2.37. The van der Waals surface area contributed by atoms with Gasteiger partial charge in [-0.2, -0.15) is 0 Å². The van der Waals surface area contributed by atoms with Gasteiger partial charge in [0.15, 0.2) is 0 Å². The number of carbonyl (C=O) groups is 1. The van der Waals surface area contributed by atoms with Crippen molar-refractivity contribution in [2.75, 3.05) is 0 Å². The van der Waals surface area contributed by atoms with Crippen LogP contribution in [0.5, 0.6) is 5.75 Å². The third-order valence-electron chi connectivity index (χ3n) is 2.87. The lowest BCUT2D eigenvalue weighted by Crippen LogP contribution is -2.05. The van der Waals surface area contributed by atoms with Gasteiger partial charge in [0.2, 0.25) is 0 Å². The molecule has 0 aliphatic rings. The number of hydrogen-bond donors (Lipinski definition) is 0. The van der Waals surface area contributed by atoms with Crippen molar-refractivity contribution < 1.29 is 13.9 Å². The number of esters is 1. The third kappa shape index (κ3) is 3.45. The van der Waals surface area contributed by atoms with E-state index in [1.807, 2.05) is 30.3 Å². The maximum absolute atomic E-state index is 14.1. The molecule has 0 aliphatic heterocycles. The molecular weight excluding hydrogens is 267 g/mol. The van der Waals surface area contributed by atoms with Crippen molar-refractivity contribution in [3.63, 3.8) is 0 Å². The van der Waals surface area contributed by atoms with Crippen LogP contribution in [0, 0.1) is 0 Å². The normalized spacial score (nSPS) is 11.0. The van der Waals surface area contributed by atoms with E-state index in [0.717, 1.165) is 5.56 Å². The quantitative estimate of drug-likeness (QED) is 0.458. The largest absolute Gasteiger partial charge is 0.425 e. The average molecular weight is 282 g/mol. The van der Waals surface area contributed by atoms with Crippen LogP contribution in [-0.4, -0.2) is 5.97 Å². The fraction of sp³-hybridized carbons (Fsp3) is 0.0556. The van der Waals surface area contributed by atoms with Crippen LogP contribution in [0.2, 0.25) is 0 Å². The summed E-state index contributed by atoms with van der Waals surface area (Å²) in [6.07, 6.45) is 2.58. The van der Waals surface area contributed by atoms with Gasteiger partial charge in [-0.1, -0.05) is 55.1 Å². The SMILES string of the molecule is C=C/C=C(\F)c1cccc(-c2ccccc2)c1OC(C)=O. The summed E-state index contributed by atoms with van der Waals surface area (Å²) in [5.74, 6) is -0.781. The second-order valence-electron chi connectivity index (χ2n) is 4.39. The molecule has 0 spiro atoms. The number of halogens is 1. The molecule has 2 aromatic rings. The smallest absolute Gasteiger partial charge is 0.308 e. The minimum atomic E-state index is -0.501. The number of rotatable bonds is 4. The summed E-state index contributed by atoms with van der Waals surface area (Å²) in [5, 5.41) is 0. The van der Waals surface area contributed by atoms with Gasteiger partial charge in [-0.3, -0.25) is 4.79 Å². The maximum atomic E-state index is 14.1. The van der Waals surface area contributed by atoms with Crippen molar-refractivity contribution in [2.45, 2.75) is 6.92 Å². The summed E-state index contributed by atoms with van der Waals surface area (Å²) in [7, 11) is 0. The van der Waals surface area contributed by atoms with Crippen molar-refractivity contribution in [1.82, 2.24) is 0 Å². The maximum Gasteiger partial charge on any atom is 0.308 e. The molecule has 2 rings (SSSR count). The van der Waals surface area contributed by atoms with E-state index in [1.165, 1.54) is 19.1 Å². The summed E-state index contributed by atoms with van der Waals surface area (Å²) < 4.78 is 19.4.